The van der Waals surface area contributed by atoms with Crippen LogP contribution in [-0.2, 0) is 14.4 Å². The number of carbonyl (C=O) groups is 3. The number of carboxylic acids is 1. The average molecular weight is 533 g/mol. The van der Waals surface area contributed by atoms with E-state index < -0.39 is 18.4 Å². The van der Waals surface area contributed by atoms with Crippen LogP contribution in [-0.4, -0.2) is 35.6 Å². The van der Waals surface area contributed by atoms with Gasteiger partial charge in [0.25, 0.3) is 0 Å². The molecular weight excluding hydrogens is 501 g/mol. The van der Waals surface area contributed by atoms with Gasteiger partial charge in [0.15, 0.2) is 17.3 Å². The van der Waals surface area contributed by atoms with Gasteiger partial charge < -0.3 is 19.5 Å². The highest BCUT2D eigenvalue weighted by Gasteiger charge is 2.49. The minimum atomic E-state index is -1.26. The predicted molar refractivity (Wildman–Crippen MR) is 137 cm³/mol. The quantitative estimate of drug-likeness (QED) is 0.499. The molecule has 0 spiro atoms. The van der Waals surface area contributed by atoms with Crippen LogP contribution in [0.4, 0.5) is 0 Å². The zero-order valence-electron chi connectivity index (χ0n) is 21.4. The Kier molecular flexibility index (Phi) is 7.08. The van der Waals surface area contributed by atoms with Crippen molar-refractivity contribution in [3.8, 4) is 5.75 Å². The molecule has 0 saturated heterocycles. The predicted octanol–water partition coefficient (Wildman–Crippen LogP) is 5.22. The van der Waals surface area contributed by atoms with Crippen molar-refractivity contribution in [1.82, 2.24) is 4.90 Å². The number of hydrogen-bond acceptors (Lipinski definition) is 6. The molecule has 0 saturated carbocycles. The summed E-state index contributed by atoms with van der Waals surface area (Å²) in [7, 11) is 0. The van der Waals surface area contributed by atoms with Gasteiger partial charge in [0.05, 0.1) is 29.2 Å². The molecule has 0 aromatic heterocycles. The highest BCUT2D eigenvalue weighted by Crippen LogP contribution is 2.55. The first kappa shape index (κ1) is 26.7. The van der Waals surface area contributed by atoms with Crippen molar-refractivity contribution in [2.75, 3.05) is 13.2 Å². The summed E-state index contributed by atoms with van der Waals surface area (Å²) in [6.45, 7) is 9.99. The zero-order chi connectivity index (χ0) is 26.6. The number of ether oxygens (including phenoxy) is 1. The Balaban J connectivity index is 1.98. The summed E-state index contributed by atoms with van der Waals surface area (Å²) in [5.41, 5.74) is 2.12. The van der Waals surface area contributed by atoms with E-state index in [-0.39, 0.29) is 22.4 Å². The Labute approximate surface area is 222 Å². The van der Waals surface area contributed by atoms with Crippen LogP contribution in [0.15, 0.2) is 34.7 Å². The van der Waals surface area contributed by atoms with E-state index in [0.29, 0.717) is 76.2 Å². The summed E-state index contributed by atoms with van der Waals surface area (Å²) >= 11 is 13.2. The second-order valence-electron chi connectivity index (χ2n) is 11.7. The molecule has 0 N–H and O–H groups in total. The number of ketones is 2. The lowest BCUT2D eigenvalue weighted by Gasteiger charge is -2.49. The van der Waals surface area contributed by atoms with E-state index >= 15 is 0 Å². The highest BCUT2D eigenvalue weighted by molar-refractivity contribution is 6.37. The van der Waals surface area contributed by atoms with E-state index in [0.717, 1.165) is 6.42 Å². The van der Waals surface area contributed by atoms with Crippen LogP contribution >= 0.6 is 23.2 Å². The normalized spacial score (nSPS) is 21.5. The van der Waals surface area contributed by atoms with Crippen LogP contribution in [0.3, 0.4) is 0 Å². The number of halogens is 2. The van der Waals surface area contributed by atoms with Crippen LogP contribution < -0.4 is 9.84 Å². The number of nitrogens with zero attached hydrogens (tertiary/aromatic N) is 1. The second-order valence-corrected chi connectivity index (χ2v) is 12.5. The molecule has 6 nitrogen and oxygen atoms in total. The molecule has 3 aliphatic rings. The molecule has 8 heteroatoms. The largest absolute Gasteiger partial charge is 0.548 e. The van der Waals surface area contributed by atoms with Gasteiger partial charge in [0.1, 0.15) is 0 Å². The van der Waals surface area contributed by atoms with Gasteiger partial charge >= 0.3 is 0 Å². The lowest BCUT2D eigenvalue weighted by molar-refractivity contribution is -0.305. The number of carbonyl (C=O) groups excluding carboxylic acids is 3. The van der Waals surface area contributed by atoms with E-state index in [1.165, 1.54) is 0 Å². The smallest absolute Gasteiger partial charge is 0.162 e. The number of benzene rings is 1. The Bertz CT molecular complexity index is 1130. The number of Topliss-reactive ketones (excluding diaryl/α,β-unsaturated/α-hetero) is 2. The van der Waals surface area contributed by atoms with Crippen LogP contribution in [0.5, 0.6) is 5.75 Å². The summed E-state index contributed by atoms with van der Waals surface area (Å²) in [6.07, 6.45) is 2.38. The van der Waals surface area contributed by atoms with Gasteiger partial charge in [-0.1, -0.05) is 57.8 Å². The second kappa shape index (κ2) is 9.53. The molecule has 0 fully saturated rings. The van der Waals surface area contributed by atoms with E-state index in [4.69, 9.17) is 27.9 Å². The lowest BCUT2D eigenvalue weighted by Crippen LogP contribution is -2.47. The minimum absolute atomic E-state index is 0.0997. The highest BCUT2D eigenvalue weighted by atomic mass is 35.5. The summed E-state index contributed by atoms with van der Waals surface area (Å²) in [5.74, 6) is -1.76. The standard InChI is InChI=1S/C28H33Cl2NO5/c1-6-7-36-26-16(29)8-15(9-17(26)30)23-24-18(10-27(2,3)12-20(24)32)31(14-22(34)35)19-11-28(4,5)13-21(33)25(19)23/h8-9,23H,6-7,10-14H2,1-5H3,(H,34,35)/p-1. The van der Waals surface area contributed by atoms with Crippen molar-refractivity contribution < 1.29 is 24.2 Å². The van der Waals surface area contributed by atoms with Gasteiger partial charge in [-0.3, -0.25) is 9.59 Å². The summed E-state index contributed by atoms with van der Waals surface area (Å²) < 4.78 is 5.73. The van der Waals surface area contributed by atoms with Gasteiger partial charge in [-0.2, -0.15) is 0 Å². The van der Waals surface area contributed by atoms with Crippen molar-refractivity contribution >= 4 is 40.7 Å². The molecule has 0 amide bonds. The Morgan fingerprint density at radius 1 is 0.972 bits per heavy atom. The zero-order valence-corrected chi connectivity index (χ0v) is 22.9. The average Bonchev–Trinajstić information content (AvgIpc) is 2.72. The van der Waals surface area contributed by atoms with Crippen LogP contribution in [0.2, 0.25) is 10.0 Å². The Hall–Kier alpha value is -2.31. The van der Waals surface area contributed by atoms with Crippen molar-refractivity contribution in [2.45, 2.75) is 72.6 Å². The molecule has 1 aromatic rings. The van der Waals surface area contributed by atoms with Gasteiger partial charge in [-0.15, -0.1) is 0 Å². The van der Waals surface area contributed by atoms with Gasteiger partial charge in [-0.25, -0.2) is 0 Å². The van der Waals surface area contributed by atoms with E-state index in [1.54, 1.807) is 17.0 Å². The van der Waals surface area contributed by atoms with Crippen LogP contribution in [0.1, 0.15) is 78.2 Å². The number of allylic oxidation sites excluding steroid dienone is 4. The molecule has 194 valence electrons. The number of rotatable bonds is 6. The molecule has 0 atom stereocenters. The van der Waals surface area contributed by atoms with Crippen molar-refractivity contribution in [1.29, 1.82) is 0 Å². The van der Waals surface area contributed by atoms with E-state index in [1.807, 2.05) is 34.6 Å². The van der Waals surface area contributed by atoms with Crippen molar-refractivity contribution in [2.24, 2.45) is 10.8 Å². The van der Waals surface area contributed by atoms with Crippen molar-refractivity contribution in [3.05, 3.63) is 50.3 Å². The summed E-state index contributed by atoms with van der Waals surface area (Å²) in [5, 5.41) is 12.5. The van der Waals surface area contributed by atoms with E-state index in [2.05, 4.69) is 0 Å². The summed E-state index contributed by atoms with van der Waals surface area (Å²) in [6, 6.07) is 3.43. The number of carboxylic acid groups (broad SMARTS) is 1. The number of hydrogen-bond donors (Lipinski definition) is 0. The fraction of sp³-hybridized carbons (Fsp3) is 0.536. The molecule has 1 heterocycles. The molecule has 36 heavy (non-hydrogen) atoms. The topological polar surface area (TPSA) is 86.7 Å². The summed E-state index contributed by atoms with van der Waals surface area (Å²) in [4.78, 5) is 40.9. The lowest BCUT2D eigenvalue weighted by atomic mass is 9.63. The molecular formula is C28H32Cl2NO5-. The molecule has 0 unspecified atom stereocenters. The maximum Gasteiger partial charge on any atom is 0.162 e. The first-order chi connectivity index (χ1) is 16.7. The third-order valence-corrected chi connectivity index (χ3v) is 7.68. The monoisotopic (exact) mass is 532 g/mol. The maximum absolute atomic E-state index is 13.7. The third-order valence-electron chi connectivity index (χ3n) is 7.11. The Morgan fingerprint density at radius 2 is 1.44 bits per heavy atom. The molecule has 2 aliphatic carbocycles. The fourth-order valence-corrected chi connectivity index (χ4v) is 6.40. The minimum Gasteiger partial charge on any atom is -0.548 e. The van der Waals surface area contributed by atoms with E-state index in [9.17, 15) is 19.5 Å². The number of aliphatic carboxylic acids is 1. The molecule has 4 rings (SSSR count). The van der Waals surface area contributed by atoms with Crippen molar-refractivity contribution in [3.63, 3.8) is 0 Å². The van der Waals surface area contributed by atoms with Crippen LogP contribution in [0, 0.1) is 10.8 Å². The fourth-order valence-electron chi connectivity index (χ4n) is 5.79. The van der Waals surface area contributed by atoms with Gasteiger partial charge in [0.2, 0.25) is 0 Å². The SMILES string of the molecule is CCCOc1c(Cl)cc(C2C3=C(CC(C)(C)CC3=O)N(CC(=O)[O-])C3=C2C(=O)CC(C)(C)C3)cc1Cl. The first-order valence-corrected chi connectivity index (χ1v) is 13.1. The molecule has 0 radical (unpaired) electrons. The maximum atomic E-state index is 13.7. The van der Waals surface area contributed by atoms with Crippen LogP contribution in [0.25, 0.3) is 0 Å². The third kappa shape index (κ3) is 4.95. The first-order valence-electron chi connectivity index (χ1n) is 12.4. The van der Waals surface area contributed by atoms with Gasteiger partial charge in [0, 0.05) is 41.3 Å². The van der Waals surface area contributed by atoms with Gasteiger partial charge in [-0.05, 0) is 47.8 Å². The molecule has 0 bridgehead atoms. The molecule has 1 aliphatic heterocycles. The Morgan fingerprint density at radius 3 is 1.86 bits per heavy atom. The molecule has 1 aromatic carbocycles.